The molecule has 0 radical (unpaired) electrons. The van der Waals surface area contributed by atoms with Crippen LogP contribution in [0.4, 0.5) is 5.69 Å². The fraction of sp³-hybridized carbons (Fsp3) is 0.375. The van der Waals surface area contributed by atoms with Crippen molar-refractivity contribution in [1.29, 1.82) is 5.41 Å². The van der Waals surface area contributed by atoms with Gasteiger partial charge in [-0.1, -0.05) is 0 Å². The van der Waals surface area contributed by atoms with Gasteiger partial charge in [-0.15, -0.1) is 0 Å². The van der Waals surface area contributed by atoms with Crippen LogP contribution in [-0.2, 0) is 11.2 Å². The van der Waals surface area contributed by atoms with Crippen LogP contribution in [-0.4, -0.2) is 17.7 Å². The van der Waals surface area contributed by atoms with Crippen LogP contribution < -0.4 is 15.8 Å². The van der Waals surface area contributed by atoms with Crippen molar-refractivity contribution < 1.29 is 9.53 Å². The van der Waals surface area contributed by atoms with Crippen LogP contribution in [0.5, 0.6) is 5.75 Å². The highest BCUT2D eigenvalue weighted by molar-refractivity contribution is 6.17. The zero-order valence-electron chi connectivity index (χ0n) is 12.8. The molecule has 1 aromatic rings. The van der Waals surface area contributed by atoms with Crippen LogP contribution in [0, 0.1) is 12.3 Å². The molecule has 5 heteroatoms. The smallest absolute Gasteiger partial charge is 0.258 e. The molecular formula is C16H21N3O2. The molecule has 0 aliphatic carbocycles. The van der Waals surface area contributed by atoms with Crippen LogP contribution in [0.15, 0.2) is 23.4 Å². The van der Waals surface area contributed by atoms with Crippen LogP contribution in [0.25, 0.3) is 0 Å². The van der Waals surface area contributed by atoms with Crippen molar-refractivity contribution in [3.63, 3.8) is 0 Å². The van der Waals surface area contributed by atoms with Gasteiger partial charge in [0.1, 0.15) is 11.4 Å². The molecule has 1 amide bonds. The van der Waals surface area contributed by atoms with Gasteiger partial charge in [0.15, 0.2) is 0 Å². The highest BCUT2D eigenvalue weighted by Gasteiger charge is 2.30. The van der Waals surface area contributed by atoms with Crippen molar-refractivity contribution in [3.8, 4) is 5.75 Å². The number of rotatable bonds is 3. The van der Waals surface area contributed by atoms with Gasteiger partial charge in [-0.25, -0.2) is 0 Å². The first-order chi connectivity index (χ1) is 9.73. The van der Waals surface area contributed by atoms with E-state index in [1.807, 2.05) is 32.9 Å². The molecule has 0 bridgehead atoms. The van der Waals surface area contributed by atoms with Gasteiger partial charge >= 0.3 is 0 Å². The van der Waals surface area contributed by atoms with Gasteiger partial charge in [-0.3, -0.25) is 4.79 Å². The Morgan fingerprint density at radius 3 is 2.71 bits per heavy atom. The first kappa shape index (κ1) is 15.1. The summed E-state index contributed by atoms with van der Waals surface area (Å²) in [4.78, 5) is 12.1. The van der Waals surface area contributed by atoms with Crippen LogP contribution in [0.3, 0.4) is 0 Å². The molecule has 1 aliphatic rings. The predicted octanol–water partition coefficient (Wildman–Crippen LogP) is 2.53. The molecule has 1 aromatic carbocycles. The number of carbonyl (C=O) groups is 1. The largest absolute Gasteiger partial charge is 0.487 e. The van der Waals surface area contributed by atoms with E-state index < -0.39 is 0 Å². The summed E-state index contributed by atoms with van der Waals surface area (Å²) in [7, 11) is 0. The average Bonchev–Trinajstić information content (AvgIpc) is 2.63. The molecule has 2 rings (SSSR count). The van der Waals surface area contributed by atoms with Gasteiger partial charge in [0.25, 0.3) is 5.91 Å². The molecule has 0 aromatic heterocycles. The number of amides is 1. The maximum Gasteiger partial charge on any atom is 0.258 e. The molecule has 21 heavy (non-hydrogen) atoms. The first-order valence-electron chi connectivity index (χ1n) is 6.84. The Morgan fingerprint density at radius 2 is 2.14 bits per heavy atom. The quantitative estimate of drug-likeness (QED) is 0.589. The van der Waals surface area contributed by atoms with Crippen LogP contribution >= 0.6 is 0 Å². The second-order valence-corrected chi connectivity index (χ2v) is 6.01. The molecule has 0 atom stereocenters. The Hall–Kier alpha value is -2.30. The third kappa shape index (κ3) is 3.07. The summed E-state index contributed by atoms with van der Waals surface area (Å²) < 4.78 is 5.86. The number of hydrogen-bond acceptors (Lipinski definition) is 4. The normalized spacial score (nSPS) is 16.6. The molecule has 5 nitrogen and oxygen atoms in total. The predicted molar refractivity (Wildman–Crippen MR) is 83.9 cm³/mol. The lowest BCUT2D eigenvalue weighted by Crippen LogP contribution is -2.24. The minimum absolute atomic E-state index is 0.173. The Kier molecular flexibility index (Phi) is 3.77. The summed E-state index contributed by atoms with van der Waals surface area (Å²) in [5.41, 5.74) is 8.61. The lowest BCUT2D eigenvalue weighted by molar-refractivity contribution is -0.112. The van der Waals surface area contributed by atoms with Crippen LogP contribution in [0.2, 0.25) is 0 Å². The van der Waals surface area contributed by atoms with Gasteiger partial charge in [-0.05, 0) is 45.4 Å². The van der Waals surface area contributed by atoms with Gasteiger partial charge in [0, 0.05) is 29.6 Å². The summed E-state index contributed by atoms with van der Waals surface area (Å²) in [6.07, 6.45) is 1.77. The standard InChI is InChI=1S/C16H21N3O2/c1-9-5-14-11(7-16(3,4)21-14)6-13(9)19-15(20)12(8-17)10(2)18/h5-6,8,17H,7,18H2,1-4H3,(H,19,20)/b12-10+,17-8?. The van der Waals surface area contributed by atoms with Gasteiger partial charge in [-0.2, -0.15) is 0 Å². The van der Waals surface area contributed by atoms with Crippen molar-refractivity contribution in [1.82, 2.24) is 0 Å². The van der Waals surface area contributed by atoms with E-state index in [0.29, 0.717) is 5.70 Å². The van der Waals surface area contributed by atoms with E-state index in [1.165, 1.54) is 0 Å². The van der Waals surface area contributed by atoms with E-state index in [1.54, 1.807) is 6.92 Å². The summed E-state index contributed by atoms with van der Waals surface area (Å²) in [6.45, 7) is 7.59. The number of carbonyl (C=O) groups excluding carboxylic acids is 1. The van der Waals surface area contributed by atoms with E-state index >= 15 is 0 Å². The van der Waals surface area contributed by atoms with E-state index in [0.717, 1.165) is 35.2 Å². The molecule has 1 aliphatic heterocycles. The molecule has 0 unspecified atom stereocenters. The number of benzene rings is 1. The SMILES string of the molecule is C/C(N)=C(/C=N)C(=O)Nc1cc2c(cc1C)OC(C)(C)C2. The molecule has 4 N–H and O–H groups in total. The topological polar surface area (TPSA) is 88.2 Å². The maximum atomic E-state index is 12.1. The number of aryl methyl sites for hydroxylation is 1. The lowest BCUT2D eigenvalue weighted by Gasteiger charge is -2.16. The fourth-order valence-corrected chi connectivity index (χ4v) is 2.43. The summed E-state index contributed by atoms with van der Waals surface area (Å²) in [6, 6.07) is 3.87. The Labute approximate surface area is 124 Å². The average molecular weight is 287 g/mol. The van der Waals surface area contributed by atoms with Crippen molar-refractivity contribution in [3.05, 3.63) is 34.5 Å². The molecule has 0 fully saturated rings. The van der Waals surface area contributed by atoms with E-state index in [4.69, 9.17) is 15.9 Å². The number of anilines is 1. The second kappa shape index (κ2) is 5.24. The maximum absolute atomic E-state index is 12.1. The van der Waals surface area contributed by atoms with E-state index in [9.17, 15) is 4.79 Å². The molecule has 0 spiro atoms. The molecule has 0 saturated carbocycles. The van der Waals surface area contributed by atoms with Crippen molar-refractivity contribution in [2.75, 3.05) is 5.32 Å². The van der Waals surface area contributed by atoms with Crippen molar-refractivity contribution >= 4 is 17.8 Å². The number of hydrogen-bond donors (Lipinski definition) is 3. The molecule has 1 heterocycles. The zero-order valence-corrected chi connectivity index (χ0v) is 12.8. The van der Waals surface area contributed by atoms with Gasteiger partial charge < -0.3 is 21.2 Å². The number of fused-ring (bicyclic) bond motifs is 1. The number of nitrogens with one attached hydrogen (secondary N) is 2. The Balaban J connectivity index is 2.30. The number of ether oxygens (including phenoxy) is 1. The number of allylic oxidation sites excluding steroid dienone is 1. The molecule has 0 saturated heterocycles. The summed E-state index contributed by atoms with van der Waals surface area (Å²) in [5, 5.41) is 10.1. The Morgan fingerprint density at radius 1 is 1.48 bits per heavy atom. The number of nitrogens with two attached hydrogens (primary N) is 1. The monoisotopic (exact) mass is 287 g/mol. The van der Waals surface area contributed by atoms with Crippen molar-refractivity contribution in [2.24, 2.45) is 5.73 Å². The molecular weight excluding hydrogens is 266 g/mol. The second-order valence-electron chi connectivity index (χ2n) is 6.01. The summed E-state index contributed by atoms with van der Waals surface area (Å²) >= 11 is 0. The third-order valence-electron chi connectivity index (χ3n) is 3.47. The zero-order chi connectivity index (χ0) is 15.8. The summed E-state index contributed by atoms with van der Waals surface area (Å²) in [5.74, 6) is 0.500. The third-order valence-corrected chi connectivity index (χ3v) is 3.47. The van der Waals surface area contributed by atoms with Crippen LogP contribution in [0.1, 0.15) is 31.9 Å². The van der Waals surface area contributed by atoms with E-state index in [-0.39, 0.29) is 17.1 Å². The van der Waals surface area contributed by atoms with Crippen molar-refractivity contribution in [2.45, 2.75) is 39.7 Å². The molecule has 112 valence electrons. The highest BCUT2D eigenvalue weighted by atomic mass is 16.5. The Bertz CT molecular complexity index is 641. The van der Waals surface area contributed by atoms with Gasteiger partial charge in [0.05, 0.1) is 5.57 Å². The minimum Gasteiger partial charge on any atom is -0.487 e. The fourth-order valence-electron chi connectivity index (χ4n) is 2.43. The lowest BCUT2D eigenvalue weighted by atomic mass is 10.00. The minimum atomic E-state index is -0.369. The van der Waals surface area contributed by atoms with Gasteiger partial charge in [0.2, 0.25) is 0 Å². The highest BCUT2D eigenvalue weighted by Crippen LogP contribution is 2.38. The van der Waals surface area contributed by atoms with E-state index in [2.05, 4.69) is 5.32 Å². The first-order valence-corrected chi connectivity index (χ1v) is 6.84.